The van der Waals surface area contributed by atoms with Gasteiger partial charge in [0.15, 0.2) is 5.82 Å². The Morgan fingerprint density at radius 1 is 1.03 bits per heavy atom. The number of aromatic nitrogens is 6. The largest absolute Gasteiger partial charge is 0.465 e. The van der Waals surface area contributed by atoms with Gasteiger partial charge in [0.25, 0.3) is 0 Å². The van der Waals surface area contributed by atoms with E-state index in [1.807, 2.05) is 49.5 Å². The SMILES string of the molecule is CCOC(=O)Cn1c(=O)n(-c2cnc(-c3cnn4ccccc34)nc2)c2c(C)cccc21. The highest BCUT2D eigenvalue weighted by molar-refractivity contribution is 5.83. The van der Waals surface area contributed by atoms with Gasteiger partial charge in [-0.3, -0.25) is 13.9 Å². The van der Waals surface area contributed by atoms with Crippen molar-refractivity contribution in [1.82, 2.24) is 28.7 Å². The van der Waals surface area contributed by atoms with Gasteiger partial charge in [0.1, 0.15) is 6.54 Å². The number of esters is 1. The van der Waals surface area contributed by atoms with Crippen LogP contribution in [0.1, 0.15) is 12.5 Å². The summed E-state index contributed by atoms with van der Waals surface area (Å²) in [5, 5.41) is 4.32. The van der Waals surface area contributed by atoms with E-state index in [1.165, 1.54) is 9.13 Å². The number of para-hydroxylation sites is 1. The molecule has 4 aromatic heterocycles. The number of carbonyl (C=O) groups is 1. The molecule has 0 fully saturated rings. The molecular weight excluding hydrogens is 408 g/mol. The van der Waals surface area contributed by atoms with Crippen LogP contribution in [0.15, 0.2) is 66.0 Å². The van der Waals surface area contributed by atoms with Crippen LogP contribution in [0, 0.1) is 6.92 Å². The molecule has 0 amide bonds. The molecule has 9 heteroatoms. The third-order valence-electron chi connectivity index (χ3n) is 5.31. The molecule has 0 atom stereocenters. The molecule has 0 aliphatic carbocycles. The van der Waals surface area contributed by atoms with E-state index in [2.05, 4.69) is 15.1 Å². The number of hydrogen-bond acceptors (Lipinski definition) is 6. The molecule has 0 N–H and O–H groups in total. The Morgan fingerprint density at radius 2 is 1.81 bits per heavy atom. The van der Waals surface area contributed by atoms with Gasteiger partial charge in [-0.05, 0) is 37.6 Å². The van der Waals surface area contributed by atoms with E-state index in [4.69, 9.17) is 4.74 Å². The van der Waals surface area contributed by atoms with E-state index in [-0.39, 0.29) is 18.8 Å². The van der Waals surface area contributed by atoms with Crippen molar-refractivity contribution in [1.29, 1.82) is 0 Å². The van der Waals surface area contributed by atoms with E-state index < -0.39 is 5.97 Å². The molecule has 0 saturated carbocycles. The first-order chi connectivity index (χ1) is 15.6. The van der Waals surface area contributed by atoms with Gasteiger partial charge >= 0.3 is 11.7 Å². The lowest BCUT2D eigenvalue weighted by Crippen LogP contribution is -2.27. The van der Waals surface area contributed by atoms with Crippen LogP contribution in [0.5, 0.6) is 0 Å². The van der Waals surface area contributed by atoms with Crippen LogP contribution in [0.2, 0.25) is 0 Å². The van der Waals surface area contributed by atoms with Crippen molar-refractivity contribution in [2.75, 3.05) is 6.61 Å². The fourth-order valence-corrected chi connectivity index (χ4v) is 3.88. The van der Waals surface area contributed by atoms with Gasteiger partial charge in [0, 0.05) is 6.20 Å². The van der Waals surface area contributed by atoms with Crippen molar-refractivity contribution in [3.05, 3.63) is 77.2 Å². The highest BCUT2D eigenvalue weighted by Crippen LogP contribution is 2.23. The molecule has 0 aliphatic rings. The van der Waals surface area contributed by atoms with Crippen LogP contribution < -0.4 is 5.69 Å². The van der Waals surface area contributed by atoms with Crippen molar-refractivity contribution in [3.8, 4) is 17.1 Å². The Morgan fingerprint density at radius 3 is 2.59 bits per heavy atom. The topological polar surface area (TPSA) is 96.3 Å². The fourth-order valence-electron chi connectivity index (χ4n) is 3.88. The van der Waals surface area contributed by atoms with Gasteiger partial charge in [0.05, 0.1) is 53.0 Å². The number of ether oxygens (including phenoxy) is 1. The molecular formula is C23H20N6O3. The average molecular weight is 428 g/mol. The number of pyridine rings is 1. The van der Waals surface area contributed by atoms with Gasteiger partial charge in [-0.2, -0.15) is 5.10 Å². The second-order valence-electron chi connectivity index (χ2n) is 7.31. The second-order valence-corrected chi connectivity index (χ2v) is 7.31. The molecule has 4 heterocycles. The number of imidazole rings is 1. The quantitative estimate of drug-likeness (QED) is 0.400. The van der Waals surface area contributed by atoms with Gasteiger partial charge in [-0.25, -0.2) is 19.3 Å². The second kappa shape index (κ2) is 7.77. The fraction of sp³-hybridized carbons (Fsp3) is 0.174. The minimum Gasteiger partial charge on any atom is -0.465 e. The summed E-state index contributed by atoms with van der Waals surface area (Å²) >= 11 is 0. The summed E-state index contributed by atoms with van der Waals surface area (Å²) in [6.07, 6.45) is 6.79. The lowest BCUT2D eigenvalue weighted by atomic mass is 10.2. The molecule has 0 saturated heterocycles. The molecule has 9 nitrogen and oxygen atoms in total. The molecule has 5 rings (SSSR count). The normalized spacial score (nSPS) is 11.3. The minimum absolute atomic E-state index is 0.166. The third-order valence-corrected chi connectivity index (χ3v) is 5.31. The number of hydrogen-bond donors (Lipinski definition) is 0. The van der Waals surface area contributed by atoms with Gasteiger partial charge in [0.2, 0.25) is 0 Å². The molecule has 32 heavy (non-hydrogen) atoms. The first-order valence-electron chi connectivity index (χ1n) is 10.2. The van der Waals surface area contributed by atoms with Gasteiger partial charge < -0.3 is 4.74 Å². The van der Waals surface area contributed by atoms with Crippen LogP contribution in [0.25, 0.3) is 33.6 Å². The third kappa shape index (κ3) is 3.15. The lowest BCUT2D eigenvalue weighted by Gasteiger charge is -2.05. The first kappa shape index (κ1) is 19.7. The molecule has 0 unspecified atom stereocenters. The monoisotopic (exact) mass is 428 g/mol. The number of aryl methyl sites for hydroxylation is 1. The Labute approximate surface area is 182 Å². The summed E-state index contributed by atoms with van der Waals surface area (Å²) in [5.74, 6) is 0.0461. The zero-order valence-electron chi connectivity index (χ0n) is 17.6. The molecule has 0 bridgehead atoms. The van der Waals surface area contributed by atoms with Crippen molar-refractivity contribution in [2.45, 2.75) is 20.4 Å². The summed E-state index contributed by atoms with van der Waals surface area (Å²) in [7, 11) is 0. The number of nitrogens with zero attached hydrogens (tertiary/aromatic N) is 6. The van der Waals surface area contributed by atoms with Crippen LogP contribution in [-0.4, -0.2) is 41.3 Å². The molecule has 0 spiro atoms. The summed E-state index contributed by atoms with van der Waals surface area (Å²) < 4.78 is 9.75. The minimum atomic E-state index is -0.463. The Bertz CT molecular complexity index is 1510. The summed E-state index contributed by atoms with van der Waals surface area (Å²) in [6.45, 7) is 3.74. The van der Waals surface area contributed by atoms with Crippen LogP contribution in [0.4, 0.5) is 0 Å². The van der Waals surface area contributed by atoms with Crippen LogP contribution in [0.3, 0.4) is 0 Å². The Hall–Kier alpha value is -4.27. The number of fused-ring (bicyclic) bond motifs is 2. The van der Waals surface area contributed by atoms with Crippen molar-refractivity contribution >= 4 is 22.5 Å². The van der Waals surface area contributed by atoms with Crippen molar-refractivity contribution in [2.24, 2.45) is 0 Å². The number of rotatable bonds is 5. The maximum absolute atomic E-state index is 13.3. The zero-order chi connectivity index (χ0) is 22.2. The van der Waals surface area contributed by atoms with Gasteiger partial charge in [-0.15, -0.1) is 0 Å². The van der Waals surface area contributed by atoms with Crippen LogP contribution in [-0.2, 0) is 16.1 Å². The molecule has 0 aliphatic heterocycles. The average Bonchev–Trinajstić information content (AvgIpc) is 3.35. The van der Waals surface area contributed by atoms with E-state index in [0.717, 1.165) is 16.6 Å². The molecule has 160 valence electrons. The Balaban J connectivity index is 1.63. The smallest absolute Gasteiger partial charge is 0.334 e. The van der Waals surface area contributed by atoms with E-state index in [0.29, 0.717) is 22.5 Å². The number of benzene rings is 1. The summed E-state index contributed by atoms with van der Waals surface area (Å²) in [6, 6.07) is 11.4. The maximum Gasteiger partial charge on any atom is 0.334 e. The molecule has 5 aromatic rings. The summed E-state index contributed by atoms with van der Waals surface area (Å²) in [4.78, 5) is 34.4. The first-order valence-corrected chi connectivity index (χ1v) is 10.2. The van der Waals surface area contributed by atoms with Crippen molar-refractivity contribution in [3.63, 3.8) is 0 Å². The van der Waals surface area contributed by atoms with Crippen LogP contribution >= 0.6 is 0 Å². The van der Waals surface area contributed by atoms with Gasteiger partial charge in [-0.1, -0.05) is 18.2 Å². The lowest BCUT2D eigenvalue weighted by molar-refractivity contribution is -0.143. The highest BCUT2D eigenvalue weighted by atomic mass is 16.5. The molecule has 0 radical (unpaired) electrons. The van der Waals surface area contributed by atoms with E-state index in [1.54, 1.807) is 30.0 Å². The van der Waals surface area contributed by atoms with E-state index >= 15 is 0 Å². The highest BCUT2D eigenvalue weighted by Gasteiger charge is 2.19. The molecule has 1 aromatic carbocycles. The summed E-state index contributed by atoms with van der Waals surface area (Å²) in [5.41, 5.74) is 4.09. The zero-order valence-corrected chi connectivity index (χ0v) is 17.6. The number of carbonyl (C=O) groups excluding carboxylic acids is 1. The predicted octanol–water partition coefficient (Wildman–Crippen LogP) is 2.77. The van der Waals surface area contributed by atoms with Crippen molar-refractivity contribution < 1.29 is 9.53 Å². The standard InChI is InChI=1S/C23H20N6O3/c1-3-32-20(30)14-27-19-9-6-7-15(2)21(19)29(23(27)31)16-11-24-22(25-12-16)17-13-26-28-10-5-4-8-18(17)28/h4-13H,3,14H2,1-2H3. The predicted molar refractivity (Wildman–Crippen MR) is 119 cm³/mol. The maximum atomic E-state index is 13.3. The van der Waals surface area contributed by atoms with E-state index in [9.17, 15) is 9.59 Å². The Kier molecular flexibility index (Phi) is 4.78.